The van der Waals surface area contributed by atoms with Crippen molar-refractivity contribution in [3.63, 3.8) is 0 Å². The lowest BCUT2D eigenvalue weighted by molar-refractivity contribution is 0.341. The summed E-state index contributed by atoms with van der Waals surface area (Å²) < 4.78 is 0. The molecule has 1 heterocycles. The fourth-order valence-electron chi connectivity index (χ4n) is 3.93. The van der Waals surface area contributed by atoms with Gasteiger partial charge in [0.05, 0.1) is 5.54 Å². The monoisotopic (exact) mass is 235 g/mol. The second kappa shape index (κ2) is 2.97. The lowest BCUT2D eigenvalue weighted by atomic mass is 9.71. The highest BCUT2D eigenvalue weighted by Gasteiger charge is 2.57. The van der Waals surface area contributed by atoms with Crippen LogP contribution >= 0.6 is 0 Å². The largest absolute Gasteiger partial charge is 0.375 e. The number of rotatable bonds is 0. The molecule has 0 aromatic heterocycles. The molecule has 1 nitrogen and oxygen atoms in total. The Labute approximate surface area is 108 Å². The van der Waals surface area contributed by atoms with Gasteiger partial charge in [-0.1, -0.05) is 49.4 Å². The lowest BCUT2D eigenvalue weighted by Gasteiger charge is -2.35. The van der Waals surface area contributed by atoms with Gasteiger partial charge in [-0.25, -0.2) is 0 Å². The van der Waals surface area contributed by atoms with Crippen molar-refractivity contribution in [3.8, 4) is 0 Å². The highest BCUT2D eigenvalue weighted by molar-refractivity contribution is 5.69. The fraction of sp³-hybridized carbons (Fsp3) is 0.294. The summed E-state index contributed by atoms with van der Waals surface area (Å²) in [5.74, 6) is 0. The molecule has 4 rings (SSSR count). The van der Waals surface area contributed by atoms with Crippen molar-refractivity contribution >= 4 is 5.69 Å². The first-order valence-corrected chi connectivity index (χ1v) is 6.61. The van der Waals surface area contributed by atoms with Gasteiger partial charge in [-0.05, 0) is 36.1 Å². The van der Waals surface area contributed by atoms with E-state index in [1.807, 2.05) is 0 Å². The third-order valence-electron chi connectivity index (χ3n) is 5.11. The molecular formula is C17H17N. The lowest BCUT2D eigenvalue weighted by Crippen LogP contribution is -2.42. The Kier molecular flexibility index (Phi) is 1.68. The van der Waals surface area contributed by atoms with Gasteiger partial charge in [0.1, 0.15) is 0 Å². The van der Waals surface area contributed by atoms with Crippen molar-refractivity contribution in [2.75, 3.05) is 5.32 Å². The molecule has 0 spiro atoms. The van der Waals surface area contributed by atoms with Crippen molar-refractivity contribution in [2.24, 2.45) is 0 Å². The van der Waals surface area contributed by atoms with Gasteiger partial charge in [0.25, 0.3) is 0 Å². The van der Waals surface area contributed by atoms with E-state index in [0.717, 1.165) is 6.42 Å². The summed E-state index contributed by atoms with van der Waals surface area (Å²) in [4.78, 5) is 0. The van der Waals surface area contributed by atoms with Crippen LogP contribution in [-0.4, -0.2) is 0 Å². The van der Waals surface area contributed by atoms with Crippen molar-refractivity contribution in [2.45, 2.75) is 31.2 Å². The Morgan fingerprint density at radius 1 is 0.889 bits per heavy atom. The molecule has 1 N–H and O–H groups in total. The molecular weight excluding hydrogens is 218 g/mol. The summed E-state index contributed by atoms with van der Waals surface area (Å²) >= 11 is 0. The molecule has 2 atom stereocenters. The van der Waals surface area contributed by atoms with Crippen molar-refractivity contribution in [3.05, 3.63) is 65.2 Å². The van der Waals surface area contributed by atoms with E-state index < -0.39 is 0 Å². The van der Waals surface area contributed by atoms with Gasteiger partial charge in [-0.3, -0.25) is 0 Å². The zero-order chi connectivity index (χ0) is 12.4. The molecule has 18 heavy (non-hydrogen) atoms. The Bertz CT molecular complexity index is 588. The van der Waals surface area contributed by atoms with Gasteiger partial charge in [0, 0.05) is 11.1 Å². The highest BCUT2D eigenvalue weighted by atomic mass is 15.1. The SMILES string of the molecule is CC12Cc3ccccc3C1(C)Nc1ccccc12. The minimum Gasteiger partial charge on any atom is -0.375 e. The van der Waals surface area contributed by atoms with E-state index in [0.29, 0.717) is 0 Å². The number of para-hydroxylation sites is 1. The Hall–Kier alpha value is -1.76. The maximum atomic E-state index is 3.77. The van der Waals surface area contributed by atoms with E-state index in [1.165, 1.54) is 22.4 Å². The molecule has 1 heteroatoms. The summed E-state index contributed by atoms with van der Waals surface area (Å²) in [5, 5.41) is 3.77. The van der Waals surface area contributed by atoms with Crippen LogP contribution in [0, 0.1) is 0 Å². The Morgan fingerprint density at radius 2 is 1.56 bits per heavy atom. The van der Waals surface area contributed by atoms with Gasteiger partial charge in [-0.2, -0.15) is 0 Å². The number of fused-ring (bicyclic) bond motifs is 5. The predicted molar refractivity (Wildman–Crippen MR) is 74.9 cm³/mol. The number of hydrogen-bond acceptors (Lipinski definition) is 1. The molecule has 90 valence electrons. The van der Waals surface area contributed by atoms with Crippen LogP contribution in [-0.2, 0) is 17.4 Å². The summed E-state index contributed by atoms with van der Waals surface area (Å²) in [6, 6.07) is 17.6. The Morgan fingerprint density at radius 3 is 2.39 bits per heavy atom. The predicted octanol–water partition coefficient (Wildman–Crippen LogP) is 3.84. The number of benzene rings is 2. The average molecular weight is 235 g/mol. The van der Waals surface area contributed by atoms with Crippen LogP contribution in [0.15, 0.2) is 48.5 Å². The normalized spacial score (nSPS) is 31.4. The molecule has 0 bridgehead atoms. The molecule has 2 aliphatic rings. The van der Waals surface area contributed by atoms with E-state index in [9.17, 15) is 0 Å². The summed E-state index contributed by atoms with van der Waals surface area (Å²) in [5.41, 5.74) is 5.93. The van der Waals surface area contributed by atoms with Crippen LogP contribution in [0.1, 0.15) is 30.5 Å². The number of hydrogen-bond donors (Lipinski definition) is 1. The zero-order valence-electron chi connectivity index (χ0n) is 10.8. The van der Waals surface area contributed by atoms with Gasteiger partial charge in [0.15, 0.2) is 0 Å². The zero-order valence-corrected chi connectivity index (χ0v) is 10.8. The summed E-state index contributed by atoms with van der Waals surface area (Å²) in [6.07, 6.45) is 1.13. The Balaban J connectivity index is 2.00. The minimum absolute atomic E-state index is 0.0350. The van der Waals surface area contributed by atoms with Crippen LogP contribution in [0.3, 0.4) is 0 Å². The molecule has 1 aliphatic heterocycles. The van der Waals surface area contributed by atoms with E-state index >= 15 is 0 Å². The topological polar surface area (TPSA) is 12.0 Å². The second-order valence-electron chi connectivity index (χ2n) is 5.96. The van der Waals surface area contributed by atoms with Crippen LogP contribution < -0.4 is 5.32 Å². The maximum Gasteiger partial charge on any atom is 0.0697 e. The summed E-state index contributed by atoms with van der Waals surface area (Å²) in [7, 11) is 0. The highest BCUT2D eigenvalue weighted by Crippen LogP contribution is 2.58. The fourth-order valence-corrected chi connectivity index (χ4v) is 3.93. The van der Waals surface area contributed by atoms with Crippen molar-refractivity contribution in [1.82, 2.24) is 0 Å². The summed E-state index contributed by atoms with van der Waals surface area (Å²) in [6.45, 7) is 4.74. The third kappa shape index (κ3) is 0.951. The standard InChI is InChI=1S/C17H17N/c1-16-11-12-7-3-4-8-13(12)17(16,2)18-15-10-6-5-9-14(15)16/h3-10,18H,11H2,1-2H3. The second-order valence-corrected chi connectivity index (χ2v) is 5.96. The molecule has 2 unspecified atom stereocenters. The first-order chi connectivity index (χ1) is 8.65. The average Bonchev–Trinajstić information content (AvgIpc) is 2.73. The minimum atomic E-state index is 0.0350. The van der Waals surface area contributed by atoms with Crippen LogP contribution in [0.2, 0.25) is 0 Å². The maximum absolute atomic E-state index is 3.77. The van der Waals surface area contributed by atoms with Gasteiger partial charge < -0.3 is 5.32 Å². The number of nitrogens with one attached hydrogen (secondary N) is 1. The molecule has 2 aromatic carbocycles. The van der Waals surface area contributed by atoms with E-state index in [1.54, 1.807) is 0 Å². The van der Waals surface area contributed by atoms with Crippen molar-refractivity contribution in [1.29, 1.82) is 0 Å². The molecule has 0 saturated heterocycles. The van der Waals surface area contributed by atoms with Gasteiger partial charge in [-0.15, -0.1) is 0 Å². The van der Waals surface area contributed by atoms with E-state index in [4.69, 9.17) is 0 Å². The molecule has 1 aliphatic carbocycles. The molecule has 0 amide bonds. The molecule has 0 saturated carbocycles. The van der Waals surface area contributed by atoms with Gasteiger partial charge in [0.2, 0.25) is 0 Å². The van der Waals surface area contributed by atoms with Crippen LogP contribution in [0.4, 0.5) is 5.69 Å². The van der Waals surface area contributed by atoms with Crippen LogP contribution in [0.5, 0.6) is 0 Å². The quantitative estimate of drug-likeness (QED) is 0.731. The van der Waals surface area contributed by atoms with E-state index in [-0.39, 0.29) is 11.0 Å². The van der Waals surface area contributed by atoms with Crippen molar-refractivity contribution < 1.29 is 0 Å². The third-order valence-corrected chi connectivity index (χ3v) is 5.11. The first kappa shape index (κ1) is 10.2. The van der Waals surface area contributed by atoms with Crippen LogP contribution in [0.25, 0.3) is 0 Å². The van der Waals surface area contributed by atoms with Gasteiger partial charge >= 0.3 is 0 Å². The molecule has 0 fully saturated rings. The first-order valence-electron chi connectivity index (χ1n) is 6.61. The number of anilines is 1. The molecule has 0 radical (unpaired) electrons. The van der Waals surface area contributed by atoms with E-state index in [2.05, 4.69) is 67.7 Å². The molecule has 2 aromatic rings. The smallest absolute Gasteiger partial charge is 0.0697 e.